The minimum absolute atomic E-state index is 0.00866. The zero-order valence-corrected chi connectivity index (χ0v) is 11.6. The Morgan fingerprint density at radius 3 is 2.56 bits per heavy atom. The number of rotatable bonds is 1. The van der Waals surface area contributed by atoms with Gasteiger partial charge in [-0.2, -0.15) is 5.10 Å². The number of likely N-dealkylation sites (tertiary alicyclic amines) is 1. The Morgan fingerprint density at radius 2 is 2.06 bits per heavy atom. The molecule has 2 rings (SSSR count). The second-order valence-corrected chi connectivity index (χ2v) is 5.47. The third kappa shape index (κ3) is 2.09. The molecule has 0 bridgehead atoms. The summed E-state index contributed by atoms with van der Waals surface area (Å²) in [6.07, 6.45) is 1.06. The Balaban J connectivity index is 2.21. The molecule has 2 atom stereocenters. The van der Waals surface area contributed by atoms with Crippen molar-refractivity contribution in [2.24, 2.45) is 18.9 Å². The van der Waals surface area contributed by atoms with E-state index in [-0.39, 0.29) is 5.91 Å². The molecule has 0 aliphatic carbocycles. The van der Waals surface area contributed by atoms with Crippen LogP contribution in [0.5, 0.6) is 0 Å². The van der Waals surface area contributed by atoms with Crippen molar-refractivity contribution in [1.82, 2.24) is 14.7 Å². The van der Waals surface area contributed by atoms with Gasteiger partial charge in [0.1, 0.15) is 5.69 Å². The topological polar surface area (TPSA) is 64.2 Å². The van der Waals surface area contributed by atoms with E-state index in [0.29, 0.717) is 23.2 Å². The molecule has 1 fully saturated rings. The summed E-state index contributed by atoms with van der Waals surface area (Å²) in [6, 6.07) is 0. The molecule has 1 aliphatic rings. The molecule has 5 nitrogen and oxygen atoms in total. The molecule has 1 aromatic rings. The van der Waals surface area contributed by atoms with Crippen molar-refractivity contribution < 1.29 is 4.79 Å². The molecule has 0 radical (unpaired) electrons. The molecule has 1 aliphatic heterocycles. The number of piperidine rings is 1. The molecule has 5 heteroatoms. The highest BCUT2D eigenvalue weighted by molar-refractivity contribution is 5.98. The van der Waals surface area contributed by atoms with Gasteiger partial charge in [-0.15, -0.1) is 0 Å². The van der Waals surface area contributed by atoms with Gasteiger partial charge in [-0.1, -0.05) is 13.8 Å². The third-order valence-corrected chi connectivity index (χ3v) is 4.09. The normalized spacial score (nSPS) is 24.3. The summed E-state index contributed by atoms with van der Waals surface area (Å²) in [5, 5.41) is 4.20. The van der Waals surface area contributed by atoms with Crippen molar-refractivity contribution in [3.05, 3.63) is 11.4 Å². The predicted octanol–water partition coefficient (Wildman–Crippen LogP) is 1.43. The van der Waals surface area contributed by atoms with Crippen LogP contribution in [-0.4, -0.2) is 33.7 Å². The van der Waals surface area contributed by atoms with Crippen LogP contribution in [0.25, 0.3) is 0 Å². The zero-order valence-electron chi connectivity index (χ0n) is 11.6. The van der Waals surface area contributed by atoms with Gasteiger partial charge in [0.25, 0.3) is 5.91 Å². The van der Waals surface area contributed by atoms with Crippen molar-refractivity contribution >= 4 is 11.6 Å². The number of hydrogen-bond acceptors (Lipinski definition) is 3. The number of anilines is 1. The summed E-state index contributed by atoms with van der Waals surface area (Å²) in [7, 11) is 1.77. The predicted molar refractivity (Wildman–Crippen MR) is 71.2 cm³/mol. The number of hydrogen-bond donors (Lipinski definition) is 1. The van der Waals surface area contributed by atoms with Gasteiger partial charge < -0.3 is 10.6 Å². The highest BCUT2D eigenvalue weighted by atomic mass is 16.2. The van der Waals surface area contributed by atoms with Crippen LogP contribution in [0.4, 0.5) is 5.69 Å². The van der Waals surface area contributed by atoms with Gasteiger partial charge in [0.05, 0.1) is 11.4 Å². The molecular weight excluding hydrogens is 228 g/mol. The lowest BCUT2D eigenvalue weighted by Gasteiger charge is -2.35. The molecule has 2 N–H and O–H groups in total. The standard InChI is InChI=1S/C13H22N4O/c1-8-5-6-17(7-9(8)2)13(18)12-11(14)10(3)15-16(12)4/h8-9H,5-7,14H2,1-4H3. The zero-order chi connectivity index (χ0) is 13.4. The molecule has 2 heterocycles. The first kappa shape index (κ1) is 12.9. The molecule has 2 unspecified atom stereocenters. The third-order valence-electron chi connectivity index (χ3n) is 4.09. The SMILES string of the molecule is Cc1nn(C)c(C(=O)N2CCC(C)C(C)C2)c1N. The van der Waals surface area contributed by atoms with Gasteiger partial charge >= 0.3 is 0 Å². The Labute approximate surface area is 108 Å². The average molecular weight is 250 g/mol. The fourth-order valence-corrected chi connectivity index (χ4v) is 2.53. The summed E-state index contributed by atoms with van der Waals surface area (Å²) in [5.41, 5.74) is 7.69. The van der Waals surface area contributed by atoms with Crippen LogP contribution in [-0.2, 0) is 7.05 Å². The molecule has 0 saturated carbocycles. The number of nitrogen functional groups attached to an aromatic ring is 1. The van der Waals surface area contributed by atoms with E-state index in [1.165, 1.54) is 0 Å². The Kier molecular flexibility index (Phi) is 3.32. The van der Waals surface area contributed by atoms with Crippen LogP contribution in [0.1, 0.15) is 36.5 Å². The van der Waals surface area contributed by atoms with Crippen LogP contribution in [0.2, 0.25) is 0 Å². The van der Waals surface area contributed by atoms with Crippen molar-refractivity contribution in [1.29, 1.82) is 0 Å². The first-order valence-electron chi connectivity index (χ1n) is 6.50. The Bertz CT molecular complexity index is 466. The van der Waals surface area contributed by atoms with E-state index in [4.69, 9.17) is 5.73 Å². The summed E-state index contributed by atoms with van der Waals surface area (Å²) < 4.78 is 1.59. The quantitative estimate of drug-likeness (QED) is 0.820. The van der Waals surface area contributed by atoms with Crippen molar-refractivity contribution in [3.8, 4) is 0 Å². The van der Waals surface area contributed by atoms with Crippen molar-refractivity contribution in [3.63, 3.8) is 0 Å². The number of carbonyl (C=O) groups is 1. The summed E-state index contributed by atoms with van der Waals surface area (Å²) in [5.74, 6) is 1.23. The first-order valence-corrected chi connectivity index (χ1v) is 6.50. The smallest absolute Gasteiger partial charge is 0.274 e. The van der Waals surface area contributed by atoms with E-state index < -0.39 is 0 Å². The second-order valence-electron chi connectivity index (χ2n) is 5.47. The van der Waals surface area contributed by atoms with E-state index in [1.54, 1.807) is 11.7 Å². The van der Waals surface area contributed by atoms with Crippen LogP contribution in [0.3, 0.4) is 0 Å². The fraction of sp³-hybridized carbons (Fsp3) is 0.692. The Morgan fingerprint density at radius 1 is 1.39 bits per heavy atom. The minimum atomic E-state index is 0.00866. The van der Waals surface area contributed by atoms with Crippen LogP contribution in [0.15, 0.2) is 0 Å². The number of nitrogens with zero attached hydrogens (tertiary/aromatic N) is 3. The minimum Gasteiger partial charge on any atom is -0.395 e. The van der Waals surface area contributed by atoms with Crippen molar-refractivity contribution in [2.75, 3.05) is 18.8 Å². The summed E-state index contributed by atoms with van der Waals surface area (Å²) >= 11 is 0. The summed E-state index contributed by atoms with van der Waals surface area (Å²) in [4.78, 5) is 14.4. The lowest BCUT2D eigenvalue weighted by Crippen LogP contribution is -2.43. The van der Waals surface area contributed by atoms with Crippen molar-refractivity contribution in [2.45, 2.75) is 27.2 Å². The molecule has 0 spiro atoms. The van der Waals surface area contributed by atoms with E-state index in [9.17, 15) is 4.79 Å². The van der Waals surface area contributed by atoms with Gasteiger partial charge in [-0.3, -0.25) is 9.48 Å². The average Bonchev–Trinajstić information content (AvgIpc) is 2.56. The van der Waals surface area contributed by atoms with Gasteiger partial charge in [-0.05, 0) is 25.2 Å². The largest absolute Gasteiger partial charge is 0.395 e. The van der Waals surface area contributed by atoms with Crippen LogP contribution in [0, 0.1) is 18.8 Å². The molecular formula is C13H22N4O. The maximum Gasteiger partial charge on any atom is 0.274 e. The molecule has 1 amide bonds. The first-order chi connectivity index (χ1) is 8.41. The second kappa shape index (κ2) is 4.63. The fourth-order valence-electron chi connectivity index (χ4n) is 2.53. The van der Waals surface area contributed by atoms with Crippen LogP contribution < -0.4 is 5.73 Å². The van der Waals surface area contributed by atoms with Gasteiger partial charge in [0, 0.05) is 20.1 Å². The monoisotopic (exact) mass is 250 g/mol. The van der Waals surface area contributed by atoms with E-state index in [1.807, 2.05) is 11.8 Å². The molecule has 1 saturated heterocycles. The number of carbonyl (C=O) groups excluding carboxylic acids is 1. The summed E-state index contributed by atoms with van der Waals surface area (Å²) in [6.45, 7) is 7.89. The van der Waals surface area contributed by atoms with E-state index >= 15 is 0 Å². The highest BCUT2D eigenvalue weighted by Crippen LogP contribution is 2.25. The molecule has 1 aromatic heterocycles. The van der Waals surface area contributed by atoms with E-state index in [0.717, 1.165) is 25.2 Å². The van der Waals surface area contributed by atoms with E-state index in [2.05, 4.69) is 18.9 Å². The number of aromatic nitrogens is 2. The number of aryl methyl sites for hydroxylation is 2. The van der Waals surface area contributed by atoms with Crippen LogP contribution >= 0.6 is 0 Å². The van der Waals surface area contributed by atoms with Gasteiger partial charge in [-0.25, -0.2) is 0 Å². The highest BCUT2D eigenvalue weighted by Gasteiger charge is 2.29. The lowest BCUT2D eigenvalue weighted by atomic mass is 9.88. The molecule has 0 aromatic carbocycles. The van der Waals surface area contributed by atoms with Gasteiger partial charge in [0.2, 0.25) is 0 Å². The lowest BCUT2D eigenvalue weighted by molar-refractivity contribution is 0.0617. The van der Waals surface area contributed by atoms with Gasteiger partial charge in [0.15, 0.2) is 0 Å². The molecule has 18 heavy (non-hydrogen) atoms. The molecule has 100 valence electrons. The number of nitrogens with two attached hydrogens (primary N) is 1. The maximum atomic E-state index is 12.5. The maximum absolute atomic E-state index is 12.5. The number of amides is 1. The Hall–Kier alpha value is -1.52.